The Morgan fingerprint density at radius 2 is 1.00 bits per heavy atom. The SMILES string of the molecule is O=S(=O)([O-])C(O)CO.O=S(=O)([O-])C(O)CO.[Ca+2]. The van der Waals surface area contributed by atoms with Crippen LogP contribution >= 0.6 is 0 Å². The molecule has 0 aromatic rings. The van der Waals surface area contributed by atoms with Crippen LogP contribution < -0.4 is 0 Å². The maximum absolute atomic E-state index is 9.60. The third-order valence-corrected chi connectivity index (χ3v) is 2.61. The summed E-state index contributed by atoms with van der Waals surface area (Å²) in [5.74, 6) is 0. The fourth-order valence-corrected chi connectivity index (χ4v) is 0.548. The van der Waals surface area contributed by atoms with E-state index in [4.69, 9.17) is 20.4 Å². The molecule has 0 fully saturated rings. The van der Waals surface area contributed by atoms with E-state index in [0.717, 1.165) is 0 Å². The zero-order valence-corrected chi connectivity index (χ0v) is 12.2. The van der Waals surface area contributed by atoms with Gasteiger partial charge in [0.15, 0.2) is 10.9 Å². The van der Waals surface area contributed by atoms with Crippen LogP contribution in [0.2, 0.25) is 0 Å². The molecule has 0 heterocycles. The minimum atomic E-state index is -4.70. The second kappa shape index (κ2) is 9.80. The molecule has 0 rings (SSSR count). The van der Waals surface area contributed by atoms with Gasteiger partial charge >= 0.3 is 37.7 Å². The van der Waals surface area contributed by atoms with E-state index in [1.165, 1.54) is 0 Å². The summed E-state index contributed by atoms with van der Waals surface area (Å²) in [7, 11) is -9.39. The zero-order valence-electron chi connectivity index (χ0n) is 8.33. The first kappa shape index (κ1) is 23.0. The first-order chi connectivity index (χ1) is 6.96. The first-order valence-corrected chi connectivity index (χ1v) is 6.38. The van der Waals surface area contributed by atoms with Gasteiger partial charge in [0.2, 0.25) is 0 Å². The van der Waals surface area contributed by atoms with Gasteiger partial charge in [0.1, 0.15) is 20.2 Å². The Morgan fingerprint density at radius 3 is 1.00 bits per heavy atom. The Labute approximate surface area is 127 Å². The summed E-state index contributed by atoms with van der Waals surface area (Å²) in [6, 6.07) is 0. The van der Waals surface area contributed by atoms with Gasteiger partial charge in [-0.25, -0.2) is 16.8 Å². The Morgan fingerprint density at radius 1 is 0.824 bits per heavy atom. The molecule has 17 heavy (non-hydrogen) atoms. The van der Waals surface area contributed by atoms with Crippen molar-refractivity contribution in [1.29, 1.82) is 0 Å². The molecule has 0 saturated carbocycles. The molecule has 100 valence electrons. The van der Waals surface area contributed by atoms with Gasteiger partial charge < -0.3 is 29.5 Å². The van der Waals surface area contributed by atoms with Gasteiger partial charge in [0.25, 0.3) is 0 Å². The van der Waals surface area contributed by atoms with Gasteiger partial charge in [-0.3, -0.25) is 0 Å². The summed E-state index contributed by atoms with van der Waals surface area (Å²) in [4.78, 5) is 0. The van der Waals surface area contributed by atoms with E-state index >= 15 is 0 Å². The van der Waals surface area contributed by atoms with Crippen molar-refractivity contribution >= 4 is 58.0 Å². The molecule has 0 aromatic heterocycles. The predicted octanol–water partition coefficient (Wildman–Crippen LogP) is -4.70. The molecule has 0 radical (unpaired) electrons. The standard InChI is InChI=1S/2C2H6O5S.Ca/c2*3-1-2(4)8(5,6)7;/h2*2-4H,1H2,(H,5,6,7);/q;;+2/p-2. The smallest absolute Gasteiger partial charge is 0.746 e. The van der Waals surface area contributed by atoms with Crippen molar-refractivity contribution in [2.45, 2.75) is 10.9 Å². The third-order valence-electron chi connectivity index (χ3n) is 0.979. The van der Waals surface area contributed by atoms with Crippen molar-refractivity contribution in [3.8, 4) is 0 Å². The van der Waals surface area contributed by atoms with Crippen LogP contribution in [0.3, 0.4) is 0 Å². The molecule has 0 aliphatic carbocycles. The van der Waals surface area contributed by atoms with Gasteiger partial charge in [0.05, 0.1) is 13.2 Å². The molecule has 0 aromatic carbocycles. The Hall–Kier alpha value is 0.920. The minimum Gasteiger partial charge on any atom is -0.746 e. The molecule has 2 unspecified atom stereocenters. The van der Waals surface area contributed by atoms with Crippen LogP contribution in [0.5, 0.6) is 0 Å². The number of hydrogen-bond acceptors (Lipinski definition) is 10. The van der Waals surface area contributed by atoms with E-state index in [9.17, 15) is 25.9 Å². The fraction of sp³-hybridized carbons (Fsp3) is 1.00. The molecule has 13 heteroatoms. The van der Waals surface area contributed by atoms with Crippen LogP contribution in [0.25, 0.3) is 0 Å². The van der Waals surface area contributed by atoms with Crippen LogP contribution in [-0.2, 0) is 20.2 Å². The van der Waals surface area contributed by atoms with Crippen molar-refractivity contribution in [2.24, 2.45) is 0 Å². The van der Waals surface area contributed by atoms with Crippen molar-refractivity contribution in [2.75, 3.05) is 13.2 Å². The minimum absolute atomic E-state index is 0. The first-order valence-electron chi connectivity index (χ1n) is 3.44. The second-order valence-electron chi connectivity index (χ2n) is 2.26. The molecule has 2 atom stereocenters. The summed E-state index contributed by atoms with van der Waals surface area (Å²) in [6.07, 6.45) is 0. The molecule has 0 amide bonds. The molecule has 0 spiro atoms. The molecule has 0 aliphatic heterocycles. The van der Waals surface area contributed by atoms with Gasteiger partial charge in [0, 0.05) is 0 Å². The Balaban J connectivity index is -0.000000218. The molecule has 0 aliphatic rings. The maximum atomic E-state index is 9.60. The monoisotopic (exact) mass is 322 g/mol. The topological polar surface area (TPSA) is 195 Å². The summed E-state index contributed by atoms with van der Waals surface area (Å²) in [5, 5.41) is 31.8. The van der Waals surface area contributed by atoms with E-state index in [1.54, 1.807) is 0 Å². The van der Waals surface area contributed by atoms with Gasteiger partial charge in [-0.2, -0.15) is 0 Å². The van der Waals surface area contributed by atoms with Crippen LogP contribution in [0.1, 0.15) is 0 Å². The number of aliphatic hydroxyl groups is 4. The average Bonchev–Trinajstić information content (AvgIpc) is 2.13. The van der Waals surface area contributed by atoms with E-state index in [0.29, 0.717) is 0 Å². The van der Waals surface area contributed by atoms with Gasteiger partial charge in [-0.15, -0.1) is 0 Å². The van der Waals surface area contributed by atoms with E-state index in [1.807, 2.05) is 0 Å². The number of rotatable bonds is 4. The molecule has 0 saturated heterocycles. The molecule has 0 bridgehead atoms. The van der Waals surface area contributed by atoms with E-state index in [2.05, 4.69) is 0 Å². The summed E-state index contributed by atoms with van der Waals surface area (Å²) < 4.78 is 57.6. The van der Waals surface area contributed by atoms with E-state index < -0.39 is 44.3 Å². The van der Waals surface area contributed by atoms with Crippen LogP contribution in [0.4, 0.5) is 0 Å². The molecular weight excluding hydrogens is 312 g/mol. The Kier molecular flexibility index (Phi) is 13.3. The fourth-order valence-electron chi connectivity index (χ4n) is 0.183. The Bertz CT molecular complexity index is 335. The predicted molar refractivity (Wildman–Crippen MR) is 51.3 cm³/mol. The average molecular weight is 322 g/mol. The quantitative estimate of drug-likeness (QED) is 0.288. The summed E-state index contributed by atoms with van der Waals surface area (Å²) in [5.41, 5.74) is -4.36. The largest absolute Gasteiger partial charge is 2.00 e. The normalized spacial score (nSPS) is 14.9. The van der Waals surface area contributed by atoms with Crippen molar-refractivity contribution in [3.05, 3.63) is 0 Å². The van der Waals surface area contributed by atoms with Gasteiger partial charge in [-0.1, -0.05) is 0 Å². The molecule has 4 N–H and O–H groups in total. The summed E-state index contributed by atoms with van der Waals surface area (Å²) >= 11 is 0. The second-order valence-corrected chi connectivity index (χ2v) is 5.32. The third kappa shape index (κ3) is 13.2. The van der Waals surface area contributed by atoms with Crippen LogP contribution in [0.15, 0.2) is 0 Å². The van der Waals surface area contributed by atoms with Crippen molar-refractivity contribution < 1.29 is 46.4 Å². The molecular formula is C4H10CaO10S2. The zero-order chi connectivity index (χ0) is 13.6. The number of hydrogen-bond donors (Lipinski definition) is 4. The van der Waals surface area contributed by atoms with Crippen molar-refractivity contribution in [1.82, 2.24) is 0 Å². The van der Waals surface area contributed by atoms with Crippen molar-refractivity contribution in [3.63, 3.8) is 0 Å². The van der Waals surface area contributed by atoms with Crippen LogP contribution in [-0.4, -0.2) is 108 Å². The maximum Gasteiger partial charge on any atom is 2.00 e. The summed E-state index contributed by atoms with van der Waals surface area (Å²) in [6.45, 7) is -2.10. The molecule has 10 nitrogen and oxygen atoms in total. The van der Waals surface area contributed by atoms with Crippen LogP contribution in [0, 0.1) is 0 Å². The van der Waals surface area contributed by atoms with Gasteiger partial charge in [-0.05, 0) is 0 Å². The van der Waals surface area contributed by atoms with E-state index in [-0.39, 0.29) is 37.7 Å². The number of aliphatic hydroxyl groups excluding tert-OH is 4.